The van der Waals surface area contributed by atoms with Crippen LogP contribution >= 0.6 is 0 Å². The van der Waals surface area contributed by atoms with E-state index in [-0.39, 0.29) is 23.5 Å². The topological polar surface area (TPSA) is 61.5 Å². The number of epoxide rings is 1. The lowest BCUT2D eigenvalue weighted by Crippen LogP contribution is -2.57. The van der Waals surface area contributed by atoms with Crippen molar-refractivity contribution in [3.63, 3.8) is 0 Å². The Kier molecular flexibility index (Phi) is 1.72. The van der Waals surface area contributed by atoms with Gasteiger partial charge in [0.05, 0.1) is 30.0 Å². The third-order valence-electron chi connectivity index (χ3n) is 5.64. The van der Waals surface area contributed by atoms with Gasteiger partial charge in [0.25, 0.3) is 0 Å². The highest BCUT2D eigenvalue weighted by Gasteiger charge is 2.71. The summed E-state index contributed by atoms with van der Waals surface area (Å²) in [5.41, 5.74) is 0.122. The van der Waals surface area contributed by atoms with Gasteiger partial charge in [-0.3, -0.25) is 0 Å². The maximum absolute atomic E-state index is 12.9. The summed E-state index contributed by atoms with van der Waals surface area (Å²) in [7, 11) is 0. The van der Waals surface area contributed by atoms with Crippen LogP contribution in [0.3, 0.4) is 0 Å². The van der Waals surface area contributed by atoms with E-state index in [0.29, 0.717) is 29.7 Å². The maximum atomic E-state index is 12.9. The fourth-order valence-electron chi connectivity index (χ4n) is 4.68. The summed E-state index contributed by atoms with van der Waals surface area (Å²) in [5, 5.41) is 0. The Balaban J connectivity index is 1.65. The van der Waals surface area contributed by atoms with Crippen LogP contribution in [-0.4, -0.2) is 26.1 Å². The Hall–Kier alpha value is -2.34. The first-order chi connectivity index (χ1) is 10.8. The molecule has 0 unspecified atom stereocenters. The number of fused-ring (bicyclic) bond motifs is 1. The minimum absolute atomic E-state index is 0.0519. The third-order valence-corrected chi connectivity index (χ3v) is 5.64. The number of allylic oxidation sites excluding steroid dienone is 2. The minimum atomic E-state index is -0.252. The summed E-state index contributed by atoms with van der Waals surface area (Å²) >= 11 is 0. The number of hydrogen-bond donors (Lipinski definition) is 0. The molecule has 5 aliphatic rings. The molecule has 0 N–H and O–H groups in total. The number of rotatable bonds is 1. The highest BCUT2D eigenvalue weighted by Crippen LogP contribution is 2.63. The zero-order chi connectivity index (χ0) is 14.6. The molecule has 4 heterocycles. The van der Waals surface area contributed by atoms with E-state index >= 15 is 0 Å². The van der Waals surface area contributed by atoms with Crippen molar-refractivity contribution in [2.24, 2.45) is 11.8 Å². The molecule has 2 fully saturated rings. The molecule has 1 aromatic carbocycles. The number of aromatic nitrogens is 3. The number of ether oxygens (including phenoxy) is 1. The zero-order valence-corrected chi connectivity index (χ0v) is 11.6. The first-order valence-corrected chi connectivity index (χ1v) is 7.62. The van der Waals surface area contributed by atoms with E-state index in [2.05, 4.69) is 12.2 Å². The molecular formula is C16H13N3O3. The van der Waals surface area contributed by atoms with Crippen LogP contribution in [0.25, 0.3) is 5.69 Å². The van der Waals surface area contributed by atoms with Crippen molar-refractivity contribution in [1.29, 1.82) is 0 Å². The van der Waals surface area contributed by atoms with Crippen molar-refractivity contribution in [1.82, 2.24) is 13.9 Å². The quantitative estimate of drug-likeness (QED) is 0.568. The van der Waals surface area contributed by atoms with Gasteiger partial charge < -0.3 is 4.74 Å². The van der Waals surface area contributed by atoms with Gasteiger partial charge in [-0.2, -0.15) is 0 Å². The van der Waals surface area contributed by atoms with Crippen LogP contribution in [0.15, 0.2) is 52.1 Å². The summed E-state index contributed by atoms with van der Waals surface area (Å²) < 4.78 is 10.2. The van der Waals surface area contributed by atoms with Crippen LogP contribution in [0.5, 0.6) is 0 Å². The smallest absolute Gasteiger partial charge is 0.352 e. The van der Waals surface area contributed by atoms with Crippen LogP contribution in [-0.2, 0) is 4.74 Å². The molecule has 6 heteroatoms. The molecular weight excluding hydrogens is 282 g/mol. The van der Waals surface area contributed by atoms with Gasteiger partial charge in [-0.25, -0.2) is 23.5 Å². The van der Waals surface area contributed by atoms with Gasteiger partial charge in [-0.1, -0.05) is 30.4 Å². The van der Waals surface area contributed by atoms with E-state index in [4.69, 9.17) is 4.74 Å². The summed E-state index contributed by atoms with van der Waals surface area (Å²) in [6, 6.07) is 9.02. The predicted octanol–water partition coefficient (Wildman–Crippen LogP) is 0.480. The van der Waals surface area contributed by atoms with Gasteiger partial charge in [0.15, 0.2) is 0 Å². The van der Waals surface area contributed by atoms with Crippen LogP contribution < -0.4 is 11.4 Å². The molecule has 22 heavy (non-hydrogen) atoms. The van der Waals surface area contributed by atoms with Gasteiger partial charge in [0, 0.05) is 11.8 Å². The Morgan fingerprint density at radius 1 is 0.818 bits per heavy atom. The van der Waals surface area contributed by atoms with Crippen molar-refractivity contribution < 1.29 is 4.74 Å². The van der Waals surface area contributed by atoms with Crippen molar-refractivity contribution in [2.45, 2.75) is 24.3 Å². The molecule has 6 atom stereocenters. The SMILES string of the molecule is O=c1n(-c2ccccc2)c(=O)n2n1[C@H]1C=C[C@H]2[C@H]2[C@H]3O[C@@H]3[C@@H]21. The number of hydrogen-bond acceptors (Lipinski definition) is 3. The second-order valence-corrected chi connectivity index (χ2v) is 6.51. The number of benzene rings is 1. The molecule has 7 rings (SSSR count). The van der Waals surface area contributed by atoms with Gasteiger partial charge >= 0.3 is 11.4 Å². The second-order valence-electron chi connectivity index (χ2n) is 6.51. The van der Waals surface area contributed by atoms with Crippen molar-refractivity contribution >= 4 is 0 Å². The van der Waals surface area contributed by atoms with Gasteiger partial charge in [0.1, 0.15) is 0 Å². The molecule has 1 saturated heterocycles. The van der Waals surface area contributed by atoms with Crippen LogP contribution in [0.2, 0.25) is 0 Å². The molecule has 0 spiro atoms. The molecule has 0 radical (unpaired) electrons. The first-order valence-electron chi connectivity index (χ1n) is 7.62. The van der Waals surface area contributed by atoms with E-state index in [9.17, 15) is 9.59 Å². The first kappa shape index (κ1) is 11.3. The molecule has 6 nitrogen and oxygen atoms in total. The highest BCUT2D eigenvalue weighted by molar-refractivity contribution is 5.32. The third kappa shape index (κ3) is 1.04. The van der Waals surface area contributed by atoms with Crippen molar-refractivity contribution in [3.8, 4) is 5.69 Å². The minimum Gasteiger partial charge on any atom is -0.369 e. The lowest BCUT2D eigenvalue weighted by atomic mass is 9.62. The van der Waals surface area contributed by atoms with E-state index in [1.807, 2.05) is 18.2 Å². The number of para-hydroxylation sites is 1. The highest BCUT2D eigenvalue weighted by atomic mass is 16.6. The summed E-state index contributed by atoms with van der Waals surface area (Å²) in [6.45, 7) is 0. The second kappa shape index (κ2) is 3.35. The maximum Gasteiger partial charge on any atom is 0.352 e. The fraction of sp³-hybridized carbons (Fsp3) is 0.375. The van der Waals surface area contributed by atoms with E-state index in [0.717, 1.165) is 0 Å². The predicted molar refractivity (Wildman–Crippen MR) is 77.1 cm³/mol. The molecule has 3 aliphatic heterocycles. The molecule has 0 amide bonds. The largest absolute Gasteiger partial charge is 0.369 e. The standard InChI is InChI=1S/C16H13N3O3/c20-15-17(8-4-2-1-3-5-8)16(21)19-10-7-6-9(18(15)19)11-12(10)14-13(11)22-14/h1-7,9-14H/t9-,10-,11+,12+,13+,14+/m0/s1. The average Bonchev–Trinajstić information content (AvgIpc) is 3.17. The Bertz CT molecular complexity index is 896. The van der Waals surface area contributed by atoms with Crippen LogP contribution in [0.4, 0.5) is 0 Å². The Morgan fingerprint density at radius 3 is 1.91 bits per heavy atom. The molecule has 1 saturated carbocycles. The Morgan fingerprint density at radius 2 is 1.36 bits per heavy atom. The summed E-state index contributed by atoms with van der Waals surface area (Å²) in [4.78, 5) is 25.7. The van der Waals surface area contributed by atoms with Crippen molar-refractivity contribution in [2.75, 3.05) is 0 Å². The van der Waals surface area contributed by atoms with Gasteiger partial charge in [0.2, 0.25) is 0 Å². The zero-order valence-electron chi connectivity index (χ0n) is 11.6. The van der Waals surface area contributed by atoms with Crippen molar-refractivity contribution in [3.05, 3.63) is 63.5 Å². The molecule has 110 valence electrons. The average molecular weight is 295 g/mol. The number of nitrogens with zero attached hydrogens (tertiary/aromatic N) is 3. The van der Waals surface area contributed by atoms with E-state index in [1.54, 1.807) is 21.5 Å². The van der Waals surface area contributed by atoms with E-state index < -0.39 is 0 Å². The normalized spacial score (nSPS) is 38.9. The monoisotopic (exact) mass is 295 g/mol. The fourth-order valence-corrected chi connectivity index (χ4v) is 4.68. The lowest BCUT2D eigenvalue weighted by molar-refractivity contribution is 0.0509. The Labute approximate surface area is 124 Å². The van der Waals surface area contributed by atoms with Crippen LogP contribution in [0, 0.1) is 11.8 Å². The summed E-state index contributed by atoms with van der Waals surface area (Å²) in [5.74, 6) is 0.701. The van der Waals surface area contributed by atoms with Gasteiger partial charge in [-0.15, -0.1) is 0 Å². The lowest BCUT2D eigenvalue weighted by Gasteiger charge is -2.48. The molecule has 2 bridgehead atoms. The summed E-state index contributed by atoms with van der Waals surface area (Å²) in [6.07, 6.45) is 4.72. The molecule has 1 aromatic heterocycles. The molecule has 2 aromatic rings. The van der Waals surface area contributed by atoms with Gasteiger partial charge in [-0.05, 0) is 12.1 Å². The van der Waals surface area contributed by atoms with E-state index in [1.165, 1.54) is 4.57 Å². The van der Waals surface area contributed by atoms with Crippen LogP contribution in [0.1, 0.15) is 12.1 Å². The molecule has 2 aliphatic carbocycles.